The molecule has 0 N–H and O–H groups in total. The van der Waals surface area contributed by atoms with Crippen LogP contribution in [0.25, 0.3) is 0 Å². The number of methoxy groups -OCH3 is 1. The van der Waals surface area contributed by atoms with Gasteiger partial charge in [0.15, 0.2) is 6.29 Å². The minimum absolute atomic E-state index is 0.100. The van der Waals surface area contributed by atoms with E-state index in [0.717, 1.165) is 5.56 Å². The molecular weight excluding hydrogens is 326 g/mol. The molecule has 3 rings (SSSR count). The van der Waals surface area contributed by atoms with Gasteiger partial charge >= 0.3 is 0 Å². The zero-order chi connectivity index (χ0) is 17.8. The number of ether oxygens (including phenoxy) is 3. The third kappa shape index (κ3) is 3.79. The van der Waals surface area contributed by atoms with E-state index in [-0.39, 0.29) is 11.5 Å². The second-order valence-electron chi connectivity index (χ2n) is 5.91. The highest BCUT2D eigenvalue weighted by molar-refractivity contribution is 5.34. The van der Waals surface area contributed by atoms with Crippen LogP contribution in [-0.2, 0) is 14.2 Å². The summed E-state index contributed by atoms with van der Waals surface area (Å²) in [5.41, 5.74) is 1.39. The Kier molecular flexibility index (Phi) is 5.58. The average molecular weight is 346 g/mol. The van der Waals surface area contributed by atoms with Crippen LogP contribution in [0.15, 0.2) is 55.1 Å². The van der Waals surface area contributed by atoms with Gasteiger partial charge in [-0.3, -0.25) is 0 Å². The summed E-state index contributed by atoms with van der Waals surface area (Å²) in [5, 5.41) is 0. The van der Waals surface area contributed by atoms with Gasteiger partial charge in [0.2, 0.25) is 0 Å². The lowest BCUT2D eigenvalue weighted by molar-refractivity contribution is -0.197. The van der Waals surface area contributed by atoms with Crippen LogP contribution in [0, 0.1) is 17.6 Å². The van der Waals surface area contributed by atoms with E-state index in [0.29, 0.717) is 18.8 Å². The van der Waals surface area contributed by atoms with Gasteiger partial charge in [-0.2, -0.15) is 0 Å². The van der Waals surface area contributed by atoms with Gasteiger partial charge in [0.05, 0.1) is 18.8 Å². The minimum Gasteiger partial charge on any atom is -0.372 e. The lowest BCUT2D eigenvalue weighted by Crippen LogP contribution is -2.25. The Bertz CT molecular complexity index is 702. The highest BCUT2D eigenvalue weighted by Crippen LogP contribution is 2.32. The molecule has 1 saturated heterocycles. The van der Waals surface area contributed by atoms with Crippen molar-refractivity contribution < 1.29 is 23.0 Å². The Morgan fingerprint density at radius 1 is 1.08 bits per heavy atom. The highest BCUT2D eigenvalue weighted by Gasteiger charge is 2.24. The first-order chi connectivity index (χ1) is 12.1. The van der Waals surface area contributed by atoms with Crippen molar-refractivity contribution in [1.82, 2.24) is 0 Å². The molecule has 1 fully saturated rings. The van der Waals surface area contributed by atoms with Crippen LogP contribution >= 0.6 is 0 Å². The Morgan fingerprint density at radius 3 is 2.20 bits per heavy atom. The molecule has 2 aromatic carbocycles. The second kappa shape index (κ2) is 7.87. The van der Waals surface area contributed by atoms with E-state index in [1.54, 1.807) is 12.1 Å². The van der Waals surface area contributed by atoms with Crippen molar-refractivity contribution in [3.05, 3.63) is 83.4 Å². The zero-order valence-corrected chi connectivity index (χ0v) is 14.0. The fourth-order valence-electron chi connectivity index (χ4n) is 2.86. The van der Waals surface area contributed by atoms with Gasteiger partial charge in [-0.1, -0.05) is 36.4 Å². The molecule has 3 nitrogen and oxygen atoms in total. The first-order valence-corrected chi connectivity index (χ1v) is 8.06. The Morgan fingerprint density at radius 2 is 1.68 bits per heavy atom. The quantitative estimate of drug-likeness (QED) is 0.744. The van der Waals surface area contributed by atoms with Crippen molar-refractivity contribution in [1.29, 1.82) is 0 Å². The van der Waals surface area contributed by atoms with Crippen molar-refractivity contribution in [3.8, 4) is 0 Å². The summed E-state index contributed by atoms with van der Waals surface area (Å²) >= 11 is 0. The topological polar surface area (TPSA) is 27.7 Å². The predicted octanol–water partition coefficient (Wildman–Crippen LogP) is 4.55. The summed E-state index contributed by atoms with van der Waals surface area (Å²) in [6.45, 7) is 4.84. The smallest absolute Gasteiger partial charge is 0.183 e. The molecule has 1 aliphatic rings. The highest BCUT2D eigenvalue weighted by atomic mass is 19.1. The van der Waals surface area contributed by atoms with E-state index < -0.39 is 24.0 Å². The van der Waals surface area contributed by atoms with E-state index >= 15 is 0 Å². The molecule has 2 aromatic rings. The molecule has 0 aromatic heterocycles. The van der Waals surface area contributed by atoms with Crippen LogP contribution < -0.4 is 0 Å². The van der Waals surface area contributed by atoms with Crippen LogP contribution in [-0.4, -0.2) is 20.3 Å². The molecule has 1 heterocycles. The number of hydrogen-bond donors (Lipinski definition) is 0. The Labute approximate surface area is 145 Å². The Hall–Kier alpha value is -2.08. The van der Waals surface area contributed by atoms with Crippen LogP contribution in [0.5, 0.6) is 0 Å². The monoisotopic (exact) mass is 346 g/mol. The van der Waals surface area contributed by atoms with Gasteiger partial charge in [-0.25, -0.2) is 8.78 Å². The third-order valence-electron chi connectivity index (χ3n) is 4.27. The molecular formula is C20H20F2O3. The molecule has 0 radical (unpaired) electrons. The van der Waals surface area contributed by atoms with Gasteiger partial charge in [0.25, 0.3) is 0 Å². The van der Waals surface area contributed by atoms with Crippen LogP contribution in [0.1, 0.15) is 29.1 Å². The molecule has 25 heavy (non-hydrogen) atoms. The first kappa shape index (κ1) is 17.7. The molecule has 0 spiro atoms. The number of benzene rings is 2. The molecule has 1 aliphatic heterocycles. The average Bonchev–Trinajstić information content (AvgIpc) is 2.65. The maximum absolute atomic E-state index is 14.0. The summed E-state index contributed by atoms with van der Waals surface area (Å²) in [4.78, 5) is 0. The van der Waals surface area contributed by atoms with E-state index in [4.69, 9.17) is 14.2 Å². The largest absolute Gasteiger partial charge is 0.372 e. The second-order valence-corrected chi connectivity index (χ2v) is 5.91. The maximum atomic E-state index is 14.0. The summed E-state index contributed by atoms with van der Waals surface area (Å²) in [6, 6.07) is 10.9. The van der Waals surface area contributed by atoms with Crippen LogP contribution in [0.4, 0.5) is 8.78 Å². The lowest BCUT2D eigenvalue weighted by Gasteiger charge is -2.28. The predicted molar refractivity (Wildman–Crippen MR) is 90.0 cm³/mol. The first-order valence-electron chi connectivity index (χ1n) is 8.06. The third-order valence-corrected chi connectivity index (χ3v) is 4.27. The Balaban J connectivity index is 1.80. The van der Waals surface area contributed by atoms with Crippen molar-refractivity contribution in [2.24, 2.45) is 5.92 Å². The van der Waals surface area contributed by atoms with E-state index in [1.165, 1.54) is 25.3 Å². The lowest BCUT2D eigenvalue weighted by atomic mass is 9.99. The van der Waals surface area contributed by atoms with Crippen molar-refractivity contribution >= 4 is 0 Å². The van der Waals surface area contributed by atoms with Crippen molar-refractivity contribution in [2.45, 2.75) is 12.4 Å². The maximum Gasteiger partial charge on any atom is 0.183 e. The molecule has 1 unspecified atom stereocenters. The fourth-order valence-corrected chi connectivity index (χ4v) is 2.86. The van der Waals surface area contributed by atoms with Gasteiger partial charge in [-0.05, 0) is 17.7 Å². The fraction of sp³-hybridized carbons (Fsp3) is 0.300. The van der Waals surface area contributed by atoms with Crippen LogP contribution in [0.3, 0.4) is 0 Å². The minimum atomic E-state index is -0.825. The van der Waals surface area contributed by atoms with Crippen molar-refractivity contribution in [3.63, 3.8) is 0 Å². The number of hydrogen-bond acceptors (Lipinski definition) is 3. The zero-order valence-electron chi connectivity index (χ0n) is 14.0. The molecule has 132 valence electrons. The molecule has 5 heteroatoms. The SMILES string of the molecule is C=CC1COC(c2ccc(C(OC)c3c(F)cccc3F)cc2)OC1. The normalized spacial score (nSPS) is 21.7. The molecule has 0 saturated carbocycles. The number of halogens is 2. The summed E-state index contributed by atoms with van der Waals surface area (Å²) in [5.74, 6) is -1.08. The summed E-state index contributed by atoms with van der Waals surface area (Å²) in [6.07, 6.45) is 0.538. The van der Waals surface area contributed by atoms with Gasteiger partial charge in [-0.15, -0.1) is 6.58 Å². The standard InChI is InChI=1S/C20H20F2O3/c1-3-13-11-24-20(25-12-13)15-9-7-14(8-10-15)19(23-2)18-16(21)5-4-6-17(18)22/h3-10,13,19-20H,1,11-12H2,2H3. The van der Waals surface area contributed by atoms with Gasteiger partial charge in [0, 0.05) is 18.6 Å². The molecule has 0 amide bonds. The number of rotatable bonds is 5. The molecule has 0 aliphatic carbocycles. The van der Waals surface area contributed by atoms with E-state index in [1.807, 2.05) is 18.2 Å². The molecule has 0 bridgehead atoms. The summed E-state index contributed by atoms with van der Waals surface area (Å²) in [7, 11) is 1.42. The molecule has 1 atom stereocenters. The van der Waals surface area contributed by atoms with Crippen LogP contribution in [0.2, 0.25) is 0 Å². The van der Waals surface area contributed by atoms with Crippen molar-refractivity contribution in [2.75, 3.05) is 20.3 Å². The van der Waals surface area contributed by atoms with Gasteiger partial charge in [0.1, 0.15) is 17.7 Å². The van der Waals surface area contributed by atoms with E-state index in [2.05, 4.69) is 6.58 Å². The summed E-state index contributed by atoms with van der Waals surface area (Å²) < 4.78 is 44.8. The van der Waals surface area contributed by atoms with Gasteiger partial charge < -0.3 is 14.2 Å². The van der Waals surface area contributed by atoms with E-state index in [9.17, 15) is 8.78 Å².